The van der Waals surface area contributed by atoms with Crippen molar-refractivity contribution in [2.75, 3.05) is 52.2 Å². The second-order valence-electron chi connectivity index (χ2n) is 10.3. The molecule has 1 fully saturated rings. The third kappa shape index (κ3) is 7.30. The Bertz CT molecular complexity index is 1440. The van der Waals surface area contributed by atoms with Gasteiger partial charge in [0.05, 0.1) is 39.0 Å². The Kier molecular flexibility index (Phi) is 9.66. The van der Waals surface area contributed by atoms with Gasteiger partial charge in [-0.05, 0) is 55.9 Å². The molecule has 0 aliphatic heterocycles. The van der Waals surface area contributed by atoms with Crippen LogP contribution in [0.5, 0.6) is 17.2 Å². The molecule has 3 aromatic rings. The summed E-state index contributed by atoms with van der Waals surface area (Å²) >= 11 is 0. The van der Waals surface area contributed by atoms with Gasteiger partial charge < -0.3 is 29.3 Å². The number of ether oxygens (including phenoxy) is 3. The third-order valence-corrected chi connectivity index (χ3v) is 7.17. The van der Waals surface area contributed by atoms with Gasteiger partial charge in [0.1, 0.15) is 5.82 Å². The maximum absolute atomic E-state index is 13.4. The number of nitrogens with one attached hydrogen (secondary N) is 1. The third-order valence-electron chi connectivity index (χ3n) is 7.17. The topological polar surface area (TPSA) is 115 Å². The molecule has 43 heavy (non-hydrogen) atoms. The zero-order chi connectivity index (χ0) is 31.3. The van der Waals surface area contributed by atoms with E-state index in [1.54, 1.807) is 0 Å². The molecule has 2 aromatic carbocycles. The highest BCUT2D eigenvalue weighted by molar-refractivity contribution is 5.96. The first kappa shape index (κ1) is 31.4. The van der Waals surface area contributed by atoms with Crippen LogP contribution in [-0.4, -0.2) is 81.1 Å². The summed E-state index contributed by atoms with van der Waals surface area (Å²) in [7, 11) is 7.85. The lowest BCUT2D eigenvalue weighted by Gasteiger charge is -2.32. The van der Waals surface area contributed by atoms with Crippen LogP contribution in [0.3, 0.4) is 0 Å². The second-order valence-corrected chi connectivity index (χ2v) is 10.3. The zero-order valence-electron chi connectivity index (χ0n) is 24.5. The van der Waals surface area contributed by atoms with Crippen molar-refractivity contribution in [1.29, 1.82) is 0 Å². The number of halogens is 3. The Balaban J connectivity index is 1.49. The van der Waals surface area contributed by atoms with Crippen LogP contribution < -0.4 is 24.4 Å². The van der Waals surface area contributed by atoms with Crippen LogP contribution in [-0.2, 0) is 9.63 Å². The van der Waals surface area contributed by atoms with Crippen molar-refractivity contribution in [3.05, 3.63) is 42.0 Å². The maximum atomic E-state index is 13.4. The number of hydroxylamine groups is 2. The van der Waals surface area contributed by atoms with E-state index in [1.807, 2.05) is 43.3 Å². The average molecular weight is 606 g/mol. The molecule has 14 heteroatoms. The van der Waals surface area contributed by atoms with Gasteiger partial charge in [0.25, 0.3) is 5.91 Å². The molecule has 0 saturated heterocycles. The van der Waals surface area contributed by atoms with Gasteiger partial charge in [0.2, 0.25) is 11.7 Å². The Hall–Kier alpha value is -4.49. The van der Waals surface area contributed by atoms with E-state index < -0.39 is 18.1 Å². The number of amides is 1. The molecular formula is C29H34F3N5O6. The summed E-state index contributed by atoms with van der Waals surface area (Å²) in [6.07, 6.45) is -2.92. The van der Waals surface area contributed by atoms with Crippen LogP contribution in [0.1, 0.15) is 36.0 Å². The average Bonchev–Trinajstić information content (AvgIpc) is 2.99. The number of carbonyl (C=O) groups is 2. The van der Waals surface area contributed by atoms with Crippen LogP contribution >= 0.6 is 0 Å². The number of alkyl halides is 3. The minimum atomic E-state index is -5.29. The van der Waals surface area contributed by atoms with E-state index in [9.17, 15) is 22.8 Å². The Labute approximate surface area is 246 Å². The van der Waals surface area contributed by atoms with Gasteiger partial charge in [-0.1, -0.05) is 12.1 Å². The number of rotatable bonds is 9. The number of fused-ring (bicyclic) bond motifs is 1. The van der Waals surface area contributed by atoms with Crippen molar-refractivity contribution < 1.29 is 41.8 Å². The lowest BCUT2D eigenvalue weighted by atomic mass is 9.86. The molecular weight excluding hydrogens is 571 g/mol. The van der Waals surface area contributed by atoms with Crippen LogP contribution in [0.25, 0.3) is 10.9 Å². The number of para-hydroxylation sites is 1. The number of nitrogens with zero attached hydrogens (tertiary/aromatic N) is 4. The van der Waals surface area contributed by atoms with E-state index in [4.69, 9.17) is 14.2 Å². The van der Waals surface area contributed by atoms with Gasteiger partial charge in [-0.2, -0.15) is 23.2 Å². The molecule has 1 heterocycles. The largest absolute Gasteiger partial charge is 0.493 e. The molecule has 0 spiro atoms. The fourth-order valence-electron chi connectivity index (χ4n) is 5.03. The van der Waals surface area contributed by atoms with Crippen molar-refractivity contribution in [2.45, 2.75) is 37.9 Å². The fourth-order valence-corrected chi connectivity index (χ4v) is 5.03. The molecule has 11 nitrogen and oxygen atoms in total. The number of methoxy groups -OCH3 is 3. The number of hydrogen-bond acceptors (Lipinski definition) is 10. The summed E-state index contributed by atoms with van der Waals surface area (Å²) < 4.78 is 55.2. The maximum Gasteiger partial charge on any atom is 0.493 e. The first-order valence-electron chi connectivity index (χ1n) is 13.6. The highest BCUT2D eigenvalue weighted by Gasteiger charge is 2.44. The minimum absolute atomic E-state index is 0.00409. The highest BCUT2D eigenvalue weighted by atomic mass is 19.4. The van der Waals surface area contributed by atoms with Gasteiger partial charge in [-0.3, -0.25) is 4.79 Å². The van der Waals surface area contributed by atoms with Gasteiger partial charge in [-0.25, -0.2) is 9.78 Å². The van der Waals surface area contributed by atoms with E-state index in [2.05, 4.69) is 20.1 Å². The molecule has 0 unspecified atom stereocenters. The molecule has 0 bridgehead atoms. The van der Waals surface area contributed by atoms with Gasteiger partial charge >= 0.3 is 12.1 Å². The van der Waals surface area contributed by atoms with Crippen molar-refractivity contribution in [3.8, 4) is 17.2 Å². The molecule has 1 aliphatic rings. The molecule has 1 aliphatic carbocycles. The molecule has 1 N–H and O–H groups in total. The molecule has 0 atom stereocenters. The molecule has 1 amide bonds. The molecule has 4 rings (SSSR count). The van der Waals surface area contributed by atoms with E-state index in [1.165, 1.54) is 33.5 Å². The van der Waals surface area contributed by atoms with Crippen molar-refractivity contribution in [3.63, 3.8) is 0 Å². The predicted octanol–water partition coefficient (Wildman–Crippen LogP) is 4.86. The van der Waals surface area contributed by atoms with Crippen LogP contribution in [0.4, 0.5) is 24.9 Å². The zero-order valence-corrected chi connectivity index (χ0v) is 24.5. The van der Waals surface area contributed by atoms with E-state index >= 15 is 0 Å². The first-order chi connectivity index (χ1) is 20.4. The van der Waals surface area contributed by atoms with E-state index in [0.717, 1.165) is 16.7 Å². The lowest BCUT2D eigenvalue weighted by Crippen LogP contribution is -2.42. The van der Waals surface area contributed by atoms with Crippen LogP contribution in [0.15, 0.2) is 36.4 Å². The summed E-state index contributed by atoms with van der Waals surface area (Å²) in [5, 5.41) is 4.76. The summed E-state index contributed by atoms with van der Waals surface area (Å²) in [5.74, 6) is -2.01. The number of aromatic nitrogens is 2. The first-order valence-corrected chi connectivity index (χ1v) is 13.6. The fraction of sp³-hybridized carbons (Fsp3) is 0.448. The summed E-state index contributed by atoms with van der Waals surface area (Å²) in [4.78, 5) is 41.0. The number of hydrogen-bond donors (Lipinski definition) is 1. The Morgan fingerprint density at radius 3 is 2.14 bits per heavy atom. The molecule has 1 saturated carbocycles. The van der Waals surface area contributed by atoms with Crippen LogP contribution in [0.2, 0.25) is 0 Å². The number of anilines is 2. The van der Waals surface area contributed by atoms with Crippen molar-refractivity contribution >= 4 is 34.5 Å². The van der Waals surface area contributed by atoms with E-state index in [-0.39, 0.29) is 41.3 Å². The summed E-state index contributed by atoms with van der Waals surface area (Å²) in [6, 6.07) is 10.3. The summed E-state index contributed by atoms with van der Waals surface area (Å²) in [6.45, 7) is -0.235. The smallest absolute Gasteiger partial charge is 0.493 e. The lowest BCUT2D eigenvalue weighted by molar-refractivity contribution is -0.230. The van der Waals surface area contributed by atoms with Crippen LogP contribution in [0, 0.1) is 5.92 Å². The number of carbonyl (C=O) groups excluding carboxylic acids is 2. The molecule has 232 valence electrons. The quantitative estimate of drug-likeness (QED) is 0.339. The van der Waals surface area contributed by atoms with Gasteiger partial charge in [0, 0.05) is 25.5 Å². The standard InChI is InChI=1S/C29H34F3N5O6/c1-36(2)25-20-8-6-7-9-21(20)34-28(35-25)33-19-12-10-17(11-13-19)16-37(43-27(39)29(30,31)32)26(38)18-14-22(40-3)24(42-5)23(15-18)41-4/h6-9,14-15,17,19H,10-13,16H2,1-5H3,(H,33,34,35). The second kappa shape index (κ2) is 13.2. The monoisotopic (exact) mass is 605 g/mol. The minimum Gasteiger partial charge on any atom is -0.493 e. The van der Waals surface area contributed by atoms with Crippen molar-refractivity contribution in [1.82, 2.24) is 15.0 Å². The predicted molar refractivity (Wildman–Crippen MR) is 153 cm³/mol. The molecule has 1 aromatic heterocycles. The van der Waals surface area contributed by atoms with E-state index in [0.29, 0.717) is 36.7 Å². The SMILES string of the molecule is COc1cc(C(=O)N(CC2CCC(Nc3nc(N(C)C)c4ccccc4n3)CC2)OC(=O)C(F)(F)F)cc(OC)c1OC. The summed E-state index contributed by atoms with van der Waals surface area (Å²) in [5.41, 5.74) is 0.690. The Morgan fingerprint density at radius 2 is 1.58 bits per heavy atom. The highest BCUT2D eigenvalue weighted by Crippen LogP contribution is 2.39. The normalized spacial score (nSPS) is 16.7. The Morgan fingerprint density at radius 1 is 0.953 bits per heavy atom. The number of benzene rings is 2. The van der Waals surface area contributed by atoms with Crippen molar-refractivity contribution in [2.24, 2.45) is 5.92 Å². The van der Waals surface area contributed by atoms with Gasteiger partial charge in [0.15, 0.2) is 11.5 Å². The van der Waals surface area contributed by atoms with Gasteiger partial charge in [-0.15, -0.1) is 0 Å². The molecule has 0 radical (unpaired) electrons.